The van der Waals surface area contributed by atoms with E-state index in [-0.39, 0.29) is 12.4 Å². The molecule has 5 heteroatoms. The van der Waals surface area contributed by atoms with Gasteiger partial charge in [0.25, 0.3) is 0 Å². The van der Waals surface area contributed by atoms with E-state index in [2.05, 4.69) is 9.72 Å². The van der Waals surface area contributed by atoms with Crippen LogP contribution in [0.1, 0.15) is 18.2 Å². The third kappa shape index (κ3) is 2.04. The summed E-state index contributed by atoms with van der Waals surface area (Å²) in [6.45, 7) is 0. The van der Waals surface area contributed by atoms with Gasteiger partial charge < -0.3 is 14.9 Å². The van der Waals surface area contributed by atoms with Gasteiger partial charge in [-0.05, 0) is 12.1 Å². The summed E-state index contributed by atoms with van der Waals surface area (Å²) >= 11 is 0. The molecule has 0 aromatic carbocycles. The highest BCUT2D eigenvalue weighted by Gasteiger charge is 2.14. The Morgan fingerprint density at radius 1 is 1.62 bits per heavy atom. The van der Waals surface area contributed by atoms with Crippen molar-refractivity contribution in [3.63, 3.8) is 0 Å². The molecule has 0 spiro atoms. The largest absolute Gasteiger partial charge is 0.469 e. The van der Waals surface area contributed by atoms with Gasteiger partial charge in [0, 0.05) is 12.4 Å². The SMILES string of the molecule is COC(=O)CC(N)c1cn2ccccc2n1. The van der Waals surface area contributed by atoms with Crippen LogP contribution in [-0.4, -0.2) is 22.5 Å². The Morgan fingerprint density at radius 2 is 2.44 bits per heavy atom. The van der Waals surface area contributed by atoms with Crippen LogP contribution in [0.4, 0.5) is 0 Å². The lowest BCUT2D eigenvalue weighted by molar-refractivity contribution is -0.141. The summed E-state index contributed by atoms with van der Waals surface area (Å²) in [5, 5.41) is 0. The number of hydrogen-bond acceptors (Lipinski definition) is 4. The van der Waals surface area contributed by atoms with E-state index in [0.29, 0.717) is 5.69 Å². The second-order valence-electron chi connectivity index (χ2n) is 3.52. The number of carbonyl (C=O) groups excluding carboxylic acids is 1. The van der Waals surface area contributed by atoms with Crippen molar-refractivity contribution in [2.75, 3.05) is 7.11 Å². The average molecular weight is 219 g/mol. The van der Waals surface area contributed by atoms with E-state index in [1.54, 1.807) is 0 Å². The van der Waals surface area contributed by atoms with Gasteiger partial charge in [0.2, 0.25) is 0 Å². The molecule has 0 saturated carbocycles. The van der Waals surface area contributed by atoms with E-state index >= 15 is 0 Å². The predicted molar refractivity (Wildman–Crippen MR) is 58.8 cm³/mol. The van der Waals surface area contributed by atoms with Crippen molar-refractivity contribution in [3.05, 3.63) is 36.3 Å². The molecule has 16 heavy (non-hydrogen) atoms. The van der Waals surface area contributed by atoms with Crippen molar-refractivity contribution in [2.45, 2.75) is 12.5 Å². The van der Waals surface area contributed by atoms with Crippen LogP contribution in [0.25, 0.3) is 5.65 Å². The zero-order valence-electron chi connectivity index (χ0n) is 8.96. The van der Waals surface area contributed by atoms with Crippen LogP contribution < -0.4 is 5.73 Å². The first-order valence-electron chi connectivity index (χ1n) is 4.96. The minimum absolute atomic E-state index is 0.139. The standard InChI is InChI=1S/C11H13N3O2/c1-16-11(15)6-8(12)9-7-14-5-3-2-4-10(14)13-9/h2-5,7-8H,6,12H2,1H3. The van der Waals surface area contributed by atoms with E-state index in [4.69, 9.17) is 5.73 Å². The summed E-state index contributed by atoms with van der Waals surface area (Å²) in [6, 6.07) is 5.27. The van der Waals surface area contributed by atoms with Crippen LogP contribution >= 0.6 is 0 Å². The molecule has 84 valence electrons. The van der Waals surface area contributed by atoms with Gasteiger partial charge in [-0.3, -0.25) is 4.79 Å². The Bertz CT molecular complexity index is 474. The smallest absolute Gasteiger partial charge is 0.307 e. The molecule has 0 saturated heterocycles. The van der Waals surface area contributed by atoms with Crippen LogP contribution in [0.3, 0.4) is 0 Å². The highest BCUT2D eigenvalue weighted by molar-refractivity contribution is 5.70. The van der Waals surface area contributed by atoms with Crippen LogP contribution in [0.5, 0.6) is 0 Å². The zero-order valence-corrected chi connectivity index (χ0v) is 8.96. The van der Waals surface area contributed by atoms with E-state index < -0.39 is 6.04 Å². The number of nitrogens with zero attached hydrogens (tertiary/aromatic N) is 2. The maximum absolute atomic E-state index is 11.1. The number of carbonyl (C=O) groups is 1. The summed E-state index contributed by atoms with van der Waals surface area (Å²) < 4.78 is 6.43. The molecule has 0 amide bonds. The number of ether oxygens (including phenoxy) is 1. The lowest BCUT2D eigenvalue weighted by atomic mass is 10.2. The monoisotopic (exact) mass is 219 g/mol. The Balaban J connectivity index is 2.23. The van der Waals surface area contributed by atoms with Gasteiger partial charge in [0.1, 0.15) is 5.65 Å². The molecule has 0 aliphatic heterocycles. The molecular weight excluding hydrogens is 206 g/mol. The topological polar surface area (TPSA) is 69.6 Å². The van der Waals surface area contributed by atoms with Gasteiger partial charge in [-0.2, -0.15) is 0 Å². The van der Waals surface area contributed by atoms with Crippen molar-refractivity contribution in [3.8, 4) is 0 Å². The number of aromatic nitrogens is 2. The summed E-state index contributed by atoms with van der Waals surface area (Å²) in [4.78, 5) is 15.4. The number of nitrogens with two attached hydrogens (primary N) is 1. The van der Waals surface area contributed by atoms with Crippen molar-refractivity contribution >= 4 is 11.6 Å². The molecular formula is C11H13N3O2. The molecule has 0 aliphatic carbocycles. The minimum atomic E-state index is -0.424. The highest BCUT2D eigenvalue weighted by atomic mass is 16.5. The number of imidazole rings is 1. The van der Waals surface area contributed by atoms with E-state index in [1.165, 1.54) is 7.11 Å². The summed E-state index contributed by atoms with van der Waals surface area (Å²) in [6.07, 6.45) is 3.85. The van der Waals surface area contributed by atoms with Crippen LogP contribution in [-0.2, 0) is 9.53 Å². The van der Waals surface area contributed by atoms with Crippen molar-refractivity contribution in [1.29, 1.82) is 0 Å². The fourth-order valence-corrected chi connectivity index (χ4v) is 1.50. The van der Waals surface area contributed by atoms with Gasteiger partial charge in [-0.15, -0.1) is 0 Å². The van der Waals surface area contributed by atoms with Crippen LogP contribution in [0.2, 0.25) is 0 Å². The molecule has 5 nitrogen and oxygen atoms in total. The molecule has 0 fully saturated rings. The van der Waals surface area contributed by atoms with Gasteiger partial charge in [0.15, 0.2) is 0 Å². The van der Waals surface area contributed by atoms with E-state index in [9.17, 15) is 4.79 Å². The van der Waals surface area contributed by atoms with Gasteiger partial charge in [0.05, 0.1) is 25.3 Å². The third-order valence-electron chi connectivity index (χ3n) is 2.38. The lowest BCUT2D eigenvalue weighted by Gasteiger charge is -2.05. The van der Waals surface area contributed by atoms with E-state index in [0.717, 1.165) is 5.65 Å². The van der Waals surface area contributed by atoms with Gasteiger partial charge in [-0.1, -0.05) is 6.07 Å². The summed E-state index contributed by atoms with van der Waals surface area (Å²) in [7, 11) is 1.35. The normalized spacial score (nSPS) is 12.6. The second kappa shape index (κ2) is 4.32. The molecule has 2 rings (SSSR count). The van der Waals surface area contributed by atoms with Crippen molar-refractivity contribution < 1.29 is 9.53 Å². The highest BCUT2D eigenvalue weighted by Crippen LogP contribution is 2.14. The summed E-state index contributed by atoms with van der Waals surface area (Å²) in [5.74, 6) is -0.329. The third-order valence-corrected chi connectivity index (χ3v) is 2.38. The van der Waals surface area contributed by atoms with Gasteiger partial charge in [-0.25, -0.2) is 4.98 Å². The molecule has 2 heterocycles. The summed E-state index contributed by atoms with van der Waals surface area (Å²) in [5.41, 5.74) is 7.37. The van der Waals surface area contributed by atoms with Gasteiger partial charge >= 0.3 is 5.97 Å². The predicted octanol–water partition coefficient (Wildman–Crippen LogP) is 0.897. The lowest BCUT2D eigenvalue weighted by Crippen LogP contribution is -2.16. The zero-order chi connectivity index (χ0) is 11.5. The molecule has 0 aliphatic rings. The maximum atomic E-state index is 11.1. The maximum Gasteiger partial charge on any atom is 0.307 e. The molecule has 1 unspecified atom stereocenters. The Kier molecular flexibility index (Phi) is 2.87. The fourth-order valence-electron chi connectivity index (χ4n) is 1.50. The number of fused-ring (bicyclic) bond motifs is 1. The number of esters is 1. The first kappa shape index (κ1) is 10.6. The van der Waals surface area contributed by atoms with Crippen molar-refractivity contribution in [2.24, 2.45) is 5.73 Å². The Labute approximate surface area is 92.8 Å². The molecule has 0 radical (unpaired) electrons. The molecule has 2 aromatic heterocycles. The van der Waals surface area contributed by atoms with Crippen LogP contribution in [0.15, 0.2) is 30.6 Å². The Hall–Kier alpha value is -1.88. The molecule has 2 aromatic rings. The Morgan fingerprint density at radius 3 is 3.12 bits per heavy atom. The molecule has 0 bridgehead atoms. The molecule has 2 N–H and O–H groups in total. The van der Waals surface area contributed by atoms with Crippen LogP contribution in [0, 0.1) is 0 Å². The quantitative estimate of drug-likeness (QED) is 0.778. The number of methoxy groups -OCH3 is 1. The second-order valence-corrected chi connectivity index (χ2v) is 3.52. The number of hydrogen-bond donors (Lipinski definition) is 1. The number of pyridine rings is 1. The van der Waals surface area contributed by atoms with E-state index in [1.807, 2.05) is 35.0 Å². The first-order valence-corrected chi connectivity index (χ1v) is 4.96. The molecule has 1 atom stereocenters. The number of rotatable bonds is 3. The fraction of sp³-hybridized carbons (Fsp3) is 0.273. The first-order chi connectivity index (χ1) is 7.70. The van der Waals surface area contributed by atoms with Crippen molar-refractivity contribution in [1.82, 2.24) is 9.38 Å². The minimum Gasteiger partial charge on any atom is -0.469 e. The average Bonchev–Trinajstić information content (AvgIpc) is 2.72.